The molecule has 0 unspecified atom stereocenters. The summed E-state index contributed by atoms with van der Waals surface area (Å²) in [6, 6.07) is 9.42. The number of aromatic amines is 1. The number of aromatic nitrogens is 2. The second-order valence-corrected chi connectivity index (χ2v) is 5.79. The summed E-state index contributed by atoms with van der Waals surface area (Å²) in [5.74, 6) is 1.92. The molecule has 0 saturated carbocycles. The molecule has 1 N–H and O–H groups in total. The average Bonchev–Trinajstić information content (AvgIpc) is 3.26. The van der Waals surface area contributed by atoms with Crippen LogP contribution in [-0.2, 0) is 6.61 Å². The number of anilines is 1. The molecule has 6 nitrogen and oxygen atoms in total. The summed E-state index contributed by atoms with van der Waals surface area (Å²) < 4.78 is 11.4. The number of amides is 1. The third-order valence-corrected chi connectivity index (χ3v) is 3.87. The highest BCUT2D eigenvalue weighted by atomic mass is 16.5. The van der Waals surface area contributed by atoms with E-state index in [0.29, 0.717) is 18.3 Å². The van der Waals surface area contributed by atoms with Gasteiger partial charge in [-0.1, -0.05) is 17.7 Å². The molecule has 0 aliphatic rings. The number of carbonyl (C=O) groups excluding carboxylic acids is 1. The van der Waals surface area contributed by atoms with Crippen molar-refractivity contribution in [3.8, 4) is 5.75 Å². The first-order valence-corrected chi connectivity index (χ1v) is 8.18. The standard InChI is InChI=1S/C19H21N3O3/c1-4-22(19-20-9-10-21-19)18(23)17-8-6-15(25-17)12-24-16-7-5-13(2)11-14(16)3/h5-11H,4,12H2,1-3H3,(H,20,21). The Morgan fingerprint density at radius 3 is 2.80 bits per heavy atom. The van der Waals surface area contributed by atoms with Crippen molar-refractivity contribution in [3.63, 3.8) is 0 Å². The summed E-state index contributed by atoms with van der Waals surface area (Å²) in [5, 5.41) is 0. The van der Waals surface area contributed by atoms with Gasteiger partial charge in [0.15, 0.2) is 5.76 Å². The molecule has 3 rings (SSSR count). The summed E-state index contributed by atoms with van der Waals surface area (Å²) in [4.78, 5) is 21.2. The normalized spacial score (nSPS) is 10.7. The minimum atomic E-state index is -0.241. The Morgan fingerprint density at radius 1 is 1.28 bits per heavy atom. The highest BCUT2D eigenvalue weighted by molar-refractivity contribution is 6.03. The summed E-state index contributed by atoms with van der Waals surface area (Å²) in [6.07, 6.45) is 3.28. The van der Waals surface area contributed by atoms with Gasteiger partial charge in [0.25, 0.3) is 5.91 Å². The zero-order chi connectivity index (χ0) is 17.8. The van der Waals surface area contributed by atoms with E-state index in [-0.39, 0.29) is 18.3 Å². The first-order valence-electron chi connectivity index (χ1n) is 8.18. The Morgan fingerprint density at radius 2 is 2.12 bits per heavy atom. The molecule has 1 amide bonds. The Balaban J connectivity index is 1.68. The number of ether oxygens (including phenoxy) is 1. The third-order valence-electron chi connectivity index (χ3n) is 3.87. The Bertz CT molecular complexity index is 853. The summed E-state index contributed by atoms with van der Waals surface area (Å²) in [6.45, 7) is 6.68. The maximum atomic E-state index is 12.6. The monoisotopic (exact) mass is 339 g/mol. The van der Waals surface area contributed by atoms with E-state index >= 15 is 0 Å². The summed E-state index contributed by atoms with van der Waals surface area (Å²) in [7, 11) is 0. The highest BCUT2D eigenvalue weighted by Gasteiger charge is 2.21. The quantitative estimate of drug-likeness (QED) is 0.740. The van der Waals surface area contributed by atoms with Gasteiger partial charge in [0.05, 0.1) is 0 Å². The molecule has 0 bridgehead atoms. The minimum absolute atomic E-state index is 0.241. The van der Waals surface area contributed by atoms with Gasteiger partial charge >= 0.3 is 0 Å². The van der Waals surface area contributed by atoms with Crippen molar-refractivity contribution >= 4 is 11.9 Å². The molecule has 3 aromatic rings. The molecule has 0 aliphatic heterocycles. The van der Waals surface area contributed by atoms with Crippen molar-refractivity contribution in [3.05, 3.63) is 65.4 Å². The van der Waals surface area contributed by atoms with Crippen molar-refractivity contribution in [1.29, 1.82) is 0 Å². The van der Waals surface area contributed by atoms with E-state index in [2.05, 4.69) is 16.0 Å². The second kappa shape index (κ2) is 7.25. The smallest absolute Gasteiger partial charge is 0.296 e. The van der Waals surface area contributed by atoms with Crippen LogP contribution in [0.25, 0.3) is 0 Å². The van der Waals surface area contributed by atoms with Gasteiger partial charge in [-0.2, -0.15) is 0 Å². The van der Waals surface area contributed by atoms with Crippen molar-refractivity contribution in [1.82, 2.24) is 9.97 Å². The van der Waals surface area contributed by atoms with E-state index in [1.807, 2.05) is 32.9 Å². The van der Waals surface area contributed by atoms with Gasteiger partial charge in [0, 0.05) is 18.9 Å². The average molecular weight is 339 g/mol. The van der Waals surface area contributed by atoms with Crippen molar-refractivity contribution < 1.29 is 13.9 Å². The molecule has 130 valence electrons. The maximum Gasteiger partial charge on any atom is 0.296 e. The van der Waals surface area contributed by atoms with E-state index in [9.17, 15) is 4.79 Å². The lowest BCUT2D eigenvalue weighted by atomic mass is 10.1. The number of nitrogens with one attached hydrogen (secondary N) is 1. The van der Waals surface area contributed by atoms with E-state index in [1.54, 1.807) is 24.5 Å². The Labute approximate surface area is 146 Å². The van der Waals surface area contributed by atoms with Gasteiger partial charge in [-0.05, 0) is 44.5 Å². The number of benzene rings is 1. The molecule has 0 atom stereocenters. The third kappa shape index (κ3) is 3.74. The fourth-order valence-electron chi connectivity index (χ4n) is 2.61. The molecular weight excluding hydrogens is 318 g/mol. The number of nitrogens with zero attached hydrogens (tertiary/aromatic N) is 2. The molecule has 2 heterocycles. The predicted octanol–water partition coefficient (Wildman–Crippen LogP) is 3.87. The van der Waals surface area contributed by atoms with Crippen LogP contribution in [0.3, 0.4) is 0 Å². The summed E-state index contributed by atoms with van der Waals surface area (Å²) >= 11 is 0. The Hall–Kier alpha value is -3.02. The van der Waals surface area contributed by atoms with Gasteiger partial charge in [-0.3, -0.25) is 9.69 Å². The number of H-pyrrole nitrogens is 1. The van der Waals surface area contributed by atoms with Crippen LogP contribution in [0.1, 0.15) is 34.4 Å². The lowest BCUT2D eigenvalue weighted by molar-refractivity contribution is 0.0956. The van der Waals surface area contributed by atoms with E-state index in [4.69, 9.17) is 9.15 Å². The first kappa shape index (κ1) is 16.8. The zero-order valence-electron chi connectivity index (χ0n) is 14.6. The fourth-order valence-corrected chi connectivity index (χ4v) is 2.61. The maximum absolute atomic E-state index is 12.6. The molecule has 25 heavy (non-hydrogen) atoms. The molecule has 2 aromatic heterocycles. The first-order chi connectivity index (χ1) is 12.1. The molecule has 1 aromatic carbocycles. The topological polar surface area (TPSA) is 71.4 Å². The molecule has 6 heteroatoms. The molecule has 0 radical (unpaired) electrons. The molecule has 0 aliphatic carbocycles. The van der Waals surface area contributed by atoms with Gasteiger partial charge < -0.3 is 14.1 Å². The van der Waals surface area contributed by atoms with Gasteiger partial charge in [-0.25, -0.2) is 4.98 Å². The predicted molar refractivity (Wildman–Crippen MR) is 94.9 cm³/mol. The van der Waals surface area contributed by atoms with Crippen LogP contribution >= 0.6 is 0 Å². The van der Waals surface area contributed by atoms with Gasteiger partial charge in [0.2, 0.25) is 5.95 Å². The molecule has 0 saturated heterocycles. The Kier molecular flexibility index (Phi) is 4.88. The van der Waals surface area contributed by atoms with Gasteiger partial charge in [-0.15, -0.1) is 0 Å². The SMILES string of the molecule is CCN(C(=O)c1ccc(COc2ccc(C)cc2C)o1)c1ncc[nH]1. The van der Waals surface area contributed by atoms with Crippen molar-refractivity contribution in [2.75, 3.05) is 11.4 Å². The number of furan rings is 1. The highest BCUT2D eigenvalue weighted by Crippen LogP contribution is 2.21. The number of hydrogen-bond donors (Lipinski definition) is 1. The minimum Gasteiger partial charge on any atom is -0.485 e. The molecule has 0 spiro atoms. The van der Waals surface area contributed by atoms with Crippen molar-refractivity contribution in [2.45, 2.75) is 27.4 Å². The fraction of sp³-hybridized carbons (Fsp3) is 0.263. The van der Waals surface area contributed by atoms with Crippen LogP contribution < -0.4 is 9.64 Å². The van der Waals surface area contributed by atoms with Crippen LogP contribution in [0.15, 0.2) is 47.1 Å². The van der Waals surface area contributed by atoms with Crippen LogP contribution in [0, 0.1) is 13.8 Å². The number of rotatable bonds is 6. The van der Waals surface area contributed by atoms with Crippen LogP contribution in [0.2, 0.25) is 0 Å². The van der Waals surface area contributed by atoms with E-state index < -0.39 is 0 Å². The lowest BCUT2D eigenvalue weighted by Gasteiger charge is -2.16. The van der Waals surface area contributed by atoms with Crippen LogP contribution in [0.4, 0.5) is 5.95 Å². The van der Waals surface area contributed by atoms with Crippen LogP contribution in [0.5, 0.6) is 5.75 Å². The van der Waals surface area contributed by atoms with Crippen molar-refractivity contribution in [2.24, 2.45) is 0 Å². The van der Waals surface area contributed by atoms with E-state index in [0.717, 1.165) is 11.3 Å². The second-order valence-electron chi connectivity index (χ2n) is 5.79. The van der Waals surface area contributed by atoms with Gasteiger partial charge in [0.1, 0.15) is 18.1 Å². The summed E-state index contributed by atoms with van der Waals surface area (Å²) in [5.41, 5.74) is 2.26. The van der Waals surface area contributed by atoms with Crippen LogP contribution in [-0.4, -0.2) is 22.4 Å². The number of aryl methyl sites for hydroxylation is 2. The number of carbonyl (C=O) groups is 1. The molecular formula is C19H21N3O3. The lowest BCUT2D eigenvalue weighted by Crippen LogP contribution is -2.31. The van der Waals surface area contributed by atoms with E-state index in [1.165, 1.54) is 10.5 Å². The zero-order valence-corrected chi connectivity index (χ0v) is 14.6. The largest absolute Gasteiger partial charge is 0.485 e. The number of imidazole rings is 1. The molecule has 0 fully saturated rings. The number of hydrogen-bond acceptors (Lipinski definition) is 4.